The van der Waals surface area contributed by atoms with Gasteiger partial charge in [0.25, 0.3) is 5.92 Å². The normalized spacial score (nSPS) is 20.9. The zero-order chi connectivity index (χ0) is 29.7. The van der Waals surface area contributed by atoms with Gasteiger partial charge in [0.05, 0.1) is 12.2 Å². The van der Waals surface area contributed by atoms with Gasteiger partial charge in [-0.2, -0.15) is 8.78 Å². The lowest BCUT2D eigenvalue weighted by Crippen LogP contribution is -2.25. The lowest BCUT2D eigenvalue weighted by Gasteiger charge is -2.20. The Morgan fingerprint density at radius 3 is 2.59 bits per heavy atom. The molecule has 222 valence electrons. The molecule has 2 N–H and O–H groups in total. The number of hydrogen-bond acceptors (Lipinski definition) is 7. The molecule has 0 radical (unpaired) electrons. The molecular formula is C32H38F2O7. The number of aryl methyl sites for hydroxylation is 1. The monoisotopic (exact) mass is 572 g/mol. The van der Waals surface area contributed by atoms with Crippen LogP contribution in [-0.4, -0.2) is 60.4 Å². The number of rotatable bonds is 16. The third kappa shape index (κ3) is 10.7. The minimum absolute atomic E-state index is 0.0909. The fourth-order valence-electron chi connectivity index (χ4n) is 4.66. The zero-order valence-electron chi connectivity index (χ0n) is 23.2. The summed E-state index contributed by atoms with van der Waals surface area (Å²) in [6.07, 6.45) is 6.69. The van der Waals surface area contributed by atoms with Gasteiger partial charge in [-0.1, -0.05) is 48.6 Å². The number of esters is 1. The molecule has 0 heterocycles. The molecule has 7 nitrogen and oxygen atoms in total. The van der Waals surface area contributed by atoms with Gasteiger partial charge in [0.15, 0.2) is 6.61 Å². The molecule has 1 aliphatic rings. The fraction of sp³-hybridized carbons (Fsp3) is 0.438. The van der Waals surface area contributed by atoms with Gasteiger partial charge in [-0.05, 0) is 61.9 Å². The van der Waals surface area contributed by atoms with E-state index >= 15 is 0 Å². The molecule has 2 aromatic rings. The predicted octanol–water partition coefficient (Wildman–Crippen LogP) is 5.47. The Labute approximate surface area is 239 Å². The van der Waals surface area contributed by atoms with Crippen molar-refractivity contribution in [3.8, 4) is 11.5 Å². The molecule has 0 amide bonds. The van der Waals surface area contributed by atoms with Gasteiger partial charge in [0, 0.05) is 24.3 Å². The Morgan fingerprint density at radius 2 is 1.83 bits per heavy atom. The van der Waals surface area contributed by atoms with E-state index < -0.39 is 36.6 Å². The van der Waals surface area contributed by atoms with Crippen molar-refractivity contribution in [1.82, 2.24) is 0 Å². The van der Waals surface area contributed by atoms with Gasteiger partial charge in [-0.25, -0.2) is 0 Å². The van der Waals surface area contributed by atoms with E-state index in [0.717, 1.165) is 17.9 Å². The molecule has 41 heavy (non-hydrogen) atoms. The first-order valence-corrected chi connectivity index (χ1v) is 13.8. The van der Waals surface area contributed by atoms with Crippen LogP contribution in [0.15, 0.2) is 72.8 Å². The first-order valence-electron chi connectivity index (χ1n) is 13.8. The number of ether oxygens (including phenoxy) is 3. The van der Waals surface area contributed by atoms with Crippen LogP contribution in [-0.2, 0) is 9.53 Å². The second kappa shape index (κ2) is 16.0. The molecule has 3 rings (SSSR count). The molecule has 0 unspecified atom stereocenters. The number of aldehydes is 1. The summed E-state index contributed by atoms with van der Waals surface area (Å²) in [4.78, 5) is 22.9. The molecular weight excluding hydrogens is 534 g/mol. The number of allylic oxidation sites excluding steroid dienone is 2. The molecule has 0 spiro atoms. The third-order valence-electron chi connectivity index (χ3n) is 6.93. The molecule has 0 aromatic heterocycles. The quantitative estimate of drug-likeness (QED) is 0.119. The number of para-hydroxylation sites is 1. The van der Waals surface area contributed by atoms with Crippen LogP contribution in [0.25, 0.3) is 0 Å². The molecule has 1 fully saturated rings. The van der Waals surface area contributed by atoms with E-state index in [0.29, 0.717) is 36.3 Å². The van der Waals surface area contributed by atoms with Crippen molar-refractivity contribution in [3.63, 3.8) is 0 Å². The zero-order valence-corrected chi connectivity index (χ0v) is 23.2. The first-order chi connectivity index (χ1) is 19.7. The van der Waals surface area contributed by atoms with Crippen molar-refractivity contribution < 1.29 is 42.8 Å². The lowest BCUT2D eigenvalue weighted by atomic mass is 9.89. The molecule has 1 saturated carbocycles. The standard InChI is InChI=1S/C32H38F2O7/c1-23-13-14-24(21-35)19-30(23)39-17-18-40-31(38)12-8-3-2-7-11-26-27(29(37)20-28(26)36)15-16-32(33,34)22-41-25-9-5-4-6-10-25/h2,4-7,9-10,13-16,19,21,26-29,36-37H,3,8,11-12,17-18,20,22H2,1H3/b7-2-,16-15+/t26-,27-,28+,29-/m1/s1. The maximum Gasteiger partial charge on any atom is 0.305 e. The number of benzene rings is 2. The number of unbranched alkanes of at least 4 members (excludes halogenated alkanes) is 1. The smallest absolute Gasteiger partial charge is 0.305 e. The van der Waals surface area contributed by atoms with Crippen molar-refractivity contribution in [1.29, 1.82) is 0 Å². The molecule has 2 aromatic carbocycles. The Hall–Kier alpha value is -3.56. The maximum absolute atomic E-state index is 14.4. The van der Waals surface area contributed by atoms with Crippen LogP contribution < -0.4 is 9.47 Å². The van der Waals surface area contributed by atoms with Crippen LogP contribution in [0, 0.1) is 18.8 Å². The number of carbonyl (C=O) groups excluding carboxylic acids is 2. The van der Waals surface area contributed by atoms with Gasteiger partial charge in [-0.3, -0.25) is 9.59 Å². The van der Waals surface area contributed by atoms with Gasteiger partial charge in [0.2, 0.25) is 0 Å². The highest BCUT2D eigenvalue weighted by Crippen LogP contribution is 2.37. The van der Waals surface area contributed by atoms with Gasteiger partial charge < -0.3 is 24.4 Å². The Balaban J connectivity index is 1.35. The average Bonchev–Trinajstić information content (AvgIpc) is 3.23. The van der Waals surface area contributed by atoms with Gasteiger partial charge in [-0.15, -0.1) is 0 Å². The van der Waals surface area contributed by atoms with Crippen molar-refractivity contribution in [3.05, 3.63) is 84.0 Å². The number of aliphatic hydroxyl groups excluding tert-OH is 2. The summed E-state index contributed by atoms with van der Waals surface area (Å²) in [7, 11) is 0. The van der Waals surface area contributed by atoms with E-state index in [-0.39, 0.29) is 32.0 Å². The number of alkyl halides is 2. The fourth-order valence-corrected chi connectivity index (χ4v) is 4.66. The summed E-state index contributed by atoms with van der Waals surface area (Å²) in [5, 5.41) is 20.7. The van der Waals surface area contributed by atoms with Crippen LogP contribution in [0.4, 0.5) is 8.78 Å². The van der Waals surface area contributed by atoms with Crippen molar-refractivity contribution in [2.75, 3.05) is 19.8 Å². The molecule has 9 heteroatoms. The number of carbonyl (C=O) groups is 2. The van der Waals surface area contributed by atoms with Crippen LogP contribution in [0.3, 0.4) is 0 Å². The van der Waals surface area contributed by atoms with Crippen LogP contribution in [0.5, 0.6) is 11.5 Å². The van der Waals surface area contributed by atoms with Crippen molar-refractivity contribution in [2.24, 2.45) is 11.8 Å². The SMILES string of the molecule is Cc1ccc(C=O)cc1OCCOC(=O)CCC/C=C\C[C@@H]1[C@@H](/C=C/C(F)(F)COc2ccccc2)[C@H](O)C[C@@H]1O. The first kappa shape index (κ1) is 32.0. The number of hydrogen-bond donors (Lipinski definition) is 2. The second-order valence-electron chi connectivity index (χ2n) is 10.1. The van der Waals surface area contributed by atoms with E-state index in [1.165, 1.54) is 6.08 Å². The topological polar surface area (TPSA) is 102 Å². The van der Waals surface area contributed by atoms with Gasteiger partial charge >= 0.3 is 5.97 Å². The van der Waals surface area contributed by atoms with Gasteiger partial charge in [0.1, 0.15) is 31.0 Å². The minimum Gasteiger partial charge on any atom is -0.490 e. The molecule has 4 atom stereocenters. The average molecular weight is 573 g/mol. The van der Waals surface area contributed by atoms with Crippen LogP contribution in [0.2, 0.25) is 0 Å². The predicted molar refractivity (Wildman–Crippen MR) is 150 cm³/mol. The Kier molecular flexibility index (Phi) is 12.5. The third-order valence-corrected chi connectivity index (χ3v) is 6.93. The summed E-state index contributed by atoms with van der Waals surface area (Å²) in [5.74, 6) is -3.68. The number of halogens is 2. The lowest BCUT2D eigenvalue weighted by molar-refractivity contribution is -0.144. The summed E-state index contributed by atoms with van der Waals surface area (Å²) >= 11 is 0. The van der Waals surface area contributed by atoms with Crippen LogP contribution >= 0.6 is 0 Å². The summed E-state index contributed by atoms with van der Waals surface area (Å²) in [6, 6.07) is 13.5. The number of aliphatic hydroxyl groups is 2. The van der Waals surface area contributed by atoms with E-state index in [1.807, 2.05) is 19.1 Å². The highest BCUT2D eigenvalue weighted by molar-refractivity contribution is 5.75. The Bertz CT molecular complexity index is 1170. The highest BCUT2D eigenvalue weighted by atomic mass is 19.3. The summed E-state index contributed by atoms with van der Waals surface area (Å²) in [6.45, 7) is 1.30. The second-order valence-corrected chi connectivity index (χ2v) is 10.1. The summed E-state index contributed by atoms with van der Waals surface area (Å²) < 4.78 is 44.7. The van der Waals surface area contributed by atoms with Crippen LogP contribution in [0.1, 0.15) is 48.0 Å². The molecule has 0 saturated heterocycles. The molecule has 1 aliphatic carbocycles. The molecule has 0 aliphatic heterocycles. The van der Waals surface area contributed by atoms with Crippen molar-refractivity contribution >= 4 is 12.3 Å². The van der Waals surface area contributed by atoms with Crippen molar-refractivity contribution in [2.45, 2.75) is 57.2 Å². The Morgan fingerprint density at radius 1 is 1.05 bits per heavy atom. The largest absolute Gasteiger partial charge is 0.490 e. The maximum atomic E-state index is 14.4. The van der Waals surface area contributed by atoms with E-state index in [9.17, 15) is 28.6 Å². The molecule has 0 bridgehead atoms. The van der Waals surface area contributed by atoms with E-state index in [4.69, 9.17) is 14.2 Å². The van der Waals surface area contributed by atoms with E-state index in [2.05, 4.69) is 0 Å². The van der Waals surface area contributed by atoms with E-state index in [1.54, 1.807) is 48.5 Å². The summed E-state index contributed by atoms with van der Waals surface area (Å²) in [5.41, 5.74) is 1.38. The minimum atomic E-state index is -3.23. The highest BCUT2D eigenvalue weighted by Gasteiger charge is 2.40.